The zero-order valence-electron chi connectivity index (χ0n) is 10.1. The van der Waals surface area contributed by atoms with Crippen molar-refractivity contribution in [2.24, 2.45) is 0 Å². The third kappa shape index (κ3) is 2.51. The van der Waals surface area contributed by atoms with Gasteiger partial charge in [-0.3, -0.25) is 4.68 Å². The molecule has 0 amide bonds. The van der Waals surface area contributed by atoms with E-state index in [-0.39, 0.29) is 6.10 Å². The van der Waals surface area contributed by atoms with E-state index >= 15 is 0 Å². The number of ether oxygens (including phenoxy) is 1. The molecule has 5 heteroatoms. The maximum absolute atomic E-state index is 5.77. The second kappa shape index (κ2) is 5.18. The van der Waals surface area contributed by atoms with Crippen molar-refractivity contribution in [2.45, 2.75) is 12.6 Å². The lowest BCUT2D eigenvalue weighted by atomic mass is 10.2. The third-order valence-electron chi connectivity index (χ3n) is 3.06. The first-order valence-corrected chi connectivity index (χ1v) is 6.17. The molecule has 0 radical (unpaired) electrons. The number of hydrogen-bond donors (Lipinski definition) is 0. The van der Waals surface area contributed by atoms with Gasteiger partial charge in [-0.2, -0.15) is 5.10 Å². The second-order valence-electron chi connectivity index (χ2n) is 4.35. The van der Waals surface area contributed by atoms with Gasteiger partial charge in [0.25, 0.3) is 0 Å². The molecule has 3 heterocycles. The van der Waals surface area contributed by atoms with E-state index < -0.39 is 0 Å². The minimum Gasteiger partial charge on any atom is -0.373 e. The normalized spacial score (nSPS) is 20.0. The van der Waals surface area contributed by atoms with Crippen LogP contribution in [0.15, 0.2) is 42.9 Å². The highest BCUT2D eigenvalue weighted by atomic mass is 16.5. The molecule has 1 saturated heterocycles. The number of hydrogen-bond acceptors (Lipinski definition) is 4. The summed E-state index contributed by atoms with van der Waals surface area (Å²) >= 11 is 0. The molecule has 1 aliphatic rings. The maximum Gasteiger partial charge on any atom is 0.128 e. The Balaban J connectivity index is 1.65. The van der Waals surface area contributed by atoms with Gasteiger partial charge in [0, 0.05) is 31.7 Å². The van der Waals surface area contributed by atoms with Crippen molar-refractivity contribution in [1.82, 2.24) is 14.8 Å². The third-order valence-corrected chi connectivity index (χ3v) is 3.06. The van der Waals surface area contributed by atoms with E-state index in [1.807, 2.05) is 41.3 Å². The van der Waals surface area contributed by atoms with Gasteiger partial charge in [0.05, 0.1) is 19.3 Å². The van der Waals surface area contributed by atoms with Gasteiger partial charge in [0.1, 0.15) is 5.82 Å². The summed E-state index contributed by atoms with van der Waals surface area (Å²) in [7, 11) is 0. The second-order valence-corrected chi connectivity index (χ2v) is 4.35. The average Bonchev–Trinajstić information content (AvgIpc) is 2.93. The van der Waals surface area contributed by atoms with Crippen molar-refractivity contribution in [1.29, 1.82) is 0 Å². The highest BCUT2D eigenvalue weighted by molar-refractivity contribution is 5.38. The number of nitrogens with zero attached hydrogens (tertiary/aromatic N) is 4. The minimum absolute atomic E-state index is 0.167. The molecule has 0 aromatic carbocycles. The zero-order valence-corrected chi connectivity index (χ0v) is 10.1. The lowest BCUT2D eigenvalue weighted by Gasteiger charge is -2.33. The first-order valence-electron chi connectivity index (χ1n) is 6.17. The fourth-order valence-corrected chi connectivity index (χ4v) is 2.20. The summed E-state index contributed by atoms with van der Waals surface area (Å²) in [5.74, 6) is 1.02. The van der Waals surface area contributed by atoms with E-state index in [9.17, 15) is 0 Å². The lowest BCUT2D eigenvalue weighted by molar-refractivity contribution is 0.0272. The molecule has 1 unspecified atom stereocenters. The Hall–Kier alpha value is -1.88. The van der Waals surface area contributed by atoms with E-state index in [2.05, 4.69) is 15.0 Å². The molecule has 0 N–H and O–H groups in total. The van der Waals surface area contributed by atoms with Gasteiger partial charge in [0.2, 0.25) is 0 Å². The number of morpholine rings is 1. The molecule has 1 aliphatic heterocycles. The van der Waals surface area contributed by atoms with Gasteiger partial charge >= 0.3 is 0 Å². The first-order chi connectivity index (χ1) is 8.92. The van der Waals surface area contributed by atoms with Gasteiger partial charge in [-0.05, 0) is 18.2 Å². The molecular weight excluding hydrogens is 228 g/mol. The van der Waals surface area contributed by atoms with E-state index in [4.69, 9.17) is 4.74 Å². The molecular formula is C13H16N4O. The van der Waals surface area contributed by atoms with Crippen LogP contribution in [0.5, 0.6) is 0 Å². The van der Waals surface area contributed by atoms with Crippen molar-refractivity contribution >= 4 is 5.82 Å². The predicted molar refractivity (Wildman–Crippen MR) is 68.4 cm³/mol. The molecule has 2 aromatic heterocycles. The molecule has 0 bridgehead atoms. The smallest absolute Gasteiger partial charge is 0.128 e. The quantitative estimate of drug-likeness (QED) is 0.813. The van der Waals surface area contributed by atoms with Crippen LogP contribution in [0.25, 0.3) is 0 Å². The van der Waals surface area contributed by atoms with E-state index in [1.54, 1.807) is 6.20 Å². The lowest BCUT2D eigenvalue weighted by Crippen LogP contribution is -2.44. The number of anilines is 1. The van der Waals surface area contributed by atoms with Crippen LogP contribution in [0.1, 0.15) is 0 Å². The standard InChI is InChI=1S/C13H16N4O/c1-2-5-14-13(4-1)16-8-9-18-12(10-16)11-17-7-3-6-15-17/h1-7,12H,8-11H2. The molecule has 5 nitrogen and oxygen atoms in total. The van der Waals surface area contributed by atoms with Crippen molar-refractivity contribution < 1.29 is 4.74 Å². The minimum atomic E-state index is 0.167. The van der Waals surface area contributed by atoms with E-state index in [1.165, 1.54) is 0 Å². The summed E-state index contributed by atoms with van der Waals surface area (Å²) in [5, 5.41) is 4.21. The molecule has 2 aromatic rings. The monoisotopic (exact) mass is 244 g/mol. The first kappa shape index (κ1) is 11.2. The van der Waals surface area contributed by atoms with Crippen LogP contribution in [0.3, 0.4) is 0 Å². The number of rotatable bonds is 3. The maximum atomic E-state index is 5.77. The van der Waals surface area contributed by atoms with Crippen molar-refractivity contribution in [3.05, 3.63) is 42.9 Å². The molecule has 0 saturated carbocycles. The summed E-state index contributed by atoms with van der Waals surface area (Å²) in [6, 6.07) is 7.92. The molecule has 1 atom stereocenters. The van der Waals surface area contributed by atoms with Crippen molar-refractivity contribution in [2.75, 3.05) is 24.6 Å². The fraction of sp³-hybridized carbons (Fsp3) is 0.385. The fourth-order valence-electron chi connectivity index (χ4n) is 2.20. The molecule has 3 rings (SSSR count). The molecule has 18 heavy (non-hydrogen) atoms. The van der Waals surface area contributed by atoms with Crippen molar-refractivity contribution in [3.63, 3.8) is 0 Å². The Labute approximate surface area is 106 Å². The van der Waals surface area contributed by atoms with Crippen molar-refractivity contribution in [3.8, 4) is 0 Å². The summed E-state index contributed by atoms with van der Waals surface area (Å²) in [5.41, 5.74) is 0. The SMILES string of the molecule is c1ccc(N2CCOC(Cn3cccn3)C2)nc1. The van der Waals surface area contributed by atoms with Gasteiger partial charge < -0.3 is 9.64 Å². The zero-order chi connectivity index (χ0) is 12.2. The Morgan fingerprint density at radius 2 is 2.28 bits per heavy atom. The van der Waals surface area contributed by atoms with Gasteiger partial charge in [-0.1, -0.05) is 6.07 Å². The van der Waals surface area contributed by atoms with E-state index in [0.29, 0.717) is 0 Å². The van der Waals surface area contributed by atoms with Crippen LogP contribution in [-0.4, -0.2) is 40.6 Å². The largest absolute Gasteiger partial charge is 0.373 e. The van der Waals surface area contributed by atoms with Crippen LogP contribution in [0.4, 0.5) is 5.82 Å². The highest BCUT2D eigenvalue weighted by Crippen LogP contribution is 2.15. The summed E-state index contributed by atoms with van der Waals surface area (Å²) in [4.78, 5) is 6.64. The van der Waals surface area contributed by atoms with Crippen LogP contribution in [-0.2, 0) is 11.3 Å². The van der Waals surface area contributed by atoms with Gasteiger partial charge in [0.15, 0.2) is 0 Å². The Bertz CT molecular complexity index is 471. The average molecular weight is 244 g/mol. The molecule has 0 aliphatic carbocycles. The molecule has 94 valence electrons. The van der Waals surface area contributed by atoms with Gasteiger partial charge in [-0.15, -0.1) is 0 Å². The van der Waals surface area contributed by atoms with E-state index in [0.717, 1.165) is 32.1 Å². The van der Waals surface area contributed by atoms with Gasteiger partial charge in [-0.25, -0.2) is 4.98 Å². The van der Waals surface area contributed by atoms with Crippen LogP contribution >= 0.6 is 0 Å². The number of aromatic nitrogens is 3. The van der Waals surface area contributed by atoms with Crippen LogP contribution in [0, 0.1) is 0 Å². The predicted octanol–water partition coefficient (Wildman–Crippen LogP) is 1.18. The van der Waals surface area contributed by atoms with Crippen LogP contribution < -0.4 is 4.90 Å². The summed E-state index contributed by atoms with van der Waals surface area (Å²) < 4.78 is 7.68. The Kier molecular flexibility index (Phi) is 3.23. The topological polar surface area (TPSA) is 43.2 Å². The van der Waals surface area contributed by atoms with Crippen LogP contribution in [0.2, 0.25) is 0 Å². The Morgan fingerprint density at radius 3 is 3.06 bits per heavy atom. The molecule has 1 fully saturated rings. The summed E-state index contributed by atoms with van der Waals surface area (Å²) in [6.45, 7) is 3.28. The number of pyridine rings is 1. The summed E-state index contributed by atoms with van der Waals surface area (Å²) in [6.07, 6.45) is 5.75. The molecule has 0 spiro atoms. The highest BCUT2D eigenvalue weighted by Gasteiger charge is 2.21. The Morgan fingerprint density at radius 1 is 1.28 bits per heavy atom.